The zero-order valence-electron chi connectivity index (χ0n) is 11.8. The third kappa shape index (κ3) is 3.16. The Hall–Kier alpha value is -1.34. The predicted octanol–water partition coefficient (Wildman–Crippen LogP) is 3.89. The highest BCUT2D eigenvalue weighted by Gasteiger charge is 2.19. The van der Waals surface area contributed by atoms with Crippen LogP contribution in [0.2, 0.25) is 0 Å². The fraction of sp³-hybridized carbons (Fsp3) is 0.600. The summed E-state index contributed by atoms with van der Waals surface area (Å²) in [6, 6.07) is 2.37. The van der Waals surface area contributed by atoms with Crippen LogP contribution in [0.3, 0.4) is 0 Å². The van der Waals surface area contributed by atoms with Crippen LogP contribution in [0.1, 0.15) is 49.1 Å². The van der Waals surface area contributed by atoms with Gasteiger partial charge in [0.05, 0.1) is 11.9 Å². The molecule has 3 nitrogen and oxygen atoms in total. The molecule has 0 N–H and O–H groups in total. The molecule has 19 heavy (non-hydrogen) atoms. The van der Waals surface area contributed by atoms with E-state index in [1.165, 1.54) is 29.7 Å². The van der Waals surface area contributed by atoms with E-state index in [1.54, 1.807) is 11.3 Å². The van der Waals surface area contributed by atoms with Crippen LogP contribution in [0.25, 0.3) is 0 Å². The van der Waals surface area contributed by atoms with E-state index in [-0.39, 0.29) is 0 Å². The lowest BCUT2D eigenvalue weighted by Crippen LogP contribution is -2.20. The molecule has 4 heteroatoms. The summed E-state index contributed by atoms with van der Waals surface area (Å²) in [5.74, 6) is 0. The smallest absolute Gasteiger partial charge is 0.136 e. The Morgan fingerprint density at radius 2 is 2.00 bits per heavy atom. The van der Waals surface area contributed by atoms with Gasteiger partial charge >= 0.3 is 0 Å². The normalized spacial score (nSPS) is 15.0. The number of aryl methyl sites for hydroxylation is 1. The first-order chi connectivity index (χ1) is 9.30. The first-order valence-corrected chi connectivity index (χ1v) is 7.94. The Kier molecular flexibility index (Phi) is 4.98. The zero-order chi connectivity index (χ0) is 13.7. The van der Waals surface area contributed by atoms with Gasteiger partial charge in [0.2, 0.25) is 0 Å². The predicted molar refractivity (Wildman–Crippen MR) is 81.4 cm³/mol. The summed E-state index contributed by atoms with van der Waals surface area (Å²) in [6.07, 6.45) is 7.79. The Morgan fingerprint density at radius 3 is 2.68 bits per heavy atom. The number of fused-ring (bicyclic) bond motifs is 1. The van der Waals surface area contributed by atoms with Gasteiger partial charge in [-0.2, -0.15) is 5.26 Å². The van der Waals surface area contributed by atoms with Gasteiger partial charge in [0.1, 0.15) is 11.1 Å². The van der Waals surface area contributed by atoms with E-state index in [9.17, 15) is 5.26 Å². The molecule has 0 unspecified atom stereocenters. The SMILES string of the molecule is CCN(/C=N/c1sc2c(c1C#N)CCCCC2)CC. The minimum Gasteiger partial charge on any atom is -0.363 e. The topological polar surface area (TPSA) is 39.4 Å². The molecule has 0 atom stereocenters. The largest absolute Gasteiger partial charge is 0.363 e. The average molecular weight is 275 g/mol. The van der Waals surface area contributed by atoms with E-state index in [0.29, 0.717) is 0 Å². The number of hydrogen-bond donors (Lipinski definition) is 0. The van der Waals surface area contributed by atoms with Crippen LogP contribution in [-0.2, 0) is 12.8 Å². The Bertz CT molecular complexity index is 492. The van der Waals surface area contributed by atoms with Crippen molar-refractivity contribution in [1.82, 2.24) is 4.90 Å². The molecule has 1 aliphatic carbocycles. The van der Waals surface area contributed by atoms with Crippen LogP contribution in [-0.4, -0.2) is 24.3 Å². The quantitative estimate of drug-likeness (QED) is 0.475. The lowest BCUT2D eigenvalue weighted by molar-refractivity contribution is 0.480. The fourth-order valence-electron chi connectivity index (χ4n) is 2.46. The number of nitrogens with zero attached hydrogens (tertiary/aromatic N) is 3. The third-order valence-corrected chi connectivity index (χ3v) is 4.86. The molecule has 0 saturated carbocycles. The number of aliphatic imine (C=N–C) groups is 1. The maximum atomic E-state index is 9.40. The summed E-state index contributed by atoms with van der Waals surface area (Å²) in [7, 11) is 0. The van der Waals surface area contributed by atoms with E-state index in [0.717, 1.165) is 36.5 Å². The van der Waals surface area contributed by atoms with Crippen LogP contribution in [0.4, 0.5) is 5.00 Å². The molecule has 2 rings (SSSR count). The van der Waals surface area contributed by atoms with Crippen LogP contribution in [0, 0.1) is 11.3 Å². The highest BCUT2D eigenvalue weighted by molar-refractivity contribution is 7.16. The molecule has 0 aromatic carbocycles. The van der Waals surface area contributed by atoms with Crippen molar-refractivity contribution in [3.63, 3.8) is 0 Å². The molecule has 1 heterocycles. The van der Waals surface area contributed by atoms with Crippen molar-refractivity contribution < 1.29 is 0 Å². The minimum absolute atomic E-state index is 0.824. The summed E-state index contributed by atoms with van der Waals surface area (Å²) < 4.78 is 0. The molecule has 0 fully saturated rings. The number of nitriles is 1. The van der Waals surface area contributed by atoms with Gasteiger partial charge in [-0.1, -0.05) is 6.42 Å². The molecule has 0 radical (unpaired) electrons. The van der Waals surface area contributed by atoms with Gasteiger partial charge in [0.25, 0.3) is 0 Å². The number of thiophene rings is 1. The minimum atomic E-state index is 0.824. The monoisotopic (exact) mass is 275 g/mol. The molecule has 0 bridgehead atoms. The van der Waals surface area contributed by atoms with Crippen molar-refractivity contribution in [2.75, 3.05) is 13.1 Å². The van der Waals surface area contributed by atoms with Crippen molar-refractivity contribution in [3.05, 3.63) is 16.0 Å². The van der Waals surface area contributed by atoms with Gasteiger partial charge in [0.15, 0.2) is 0 Å². The van der Waals surface area contributed by atoms with Crippen LogP contribution < -0.4 is 0 Å². The Labute approximate surface area is 119 Å². The first kappa shape index (κ1) is 14.1. The molecule has 0 spiro atoms. The molecular weight excluding hydrogens is 254 g/mol. The molecule has 0 saturated heterocycles. The summed E-state index contributed by atoms with van der Waals surface area (Å²) in [5.41, 5.74) is 2.10. The van der Waals surface area contributed by atoms with Gasteiger partial charge in [-0.25, -0.2) is 4.99 Å². The fourth-order valence-corrected chi connectivity index (χ4v) is 3.63. The zero-order valence-corrected chi connectivity index (χ0v) is 12.6. The van der Waals surface area contributed by atoms with Crippen molar-refractivity contribution in [2.24, 2.45) is 4.99 Å². The maximum absolute atomic E-state index is 9.40. The lowest BCUT2D eigenvalue weighted by Gasteiger charge is -2.12. The molecule has 102 valence electrons. The van der Waals surface area contributed by atoms with Crippen molar-refractivity contribution >= 4 is 22.7 Å². The second kappa shape index (κ2) is 6.72. The van der Waals surface area contributed by atoms with Crippen LogP contribution in [0.5, 0.6) is 0 Å². The highest BCUT2D eigenvalue weighted by atomic mass is 32.1. The molecule has 0 amide bonds. The summed E-state index contributed by atoms with van der Waals surface area (Å²) in [4.78, 5) is 8.09. The van der Waals surface area contributed by atoms with E-state index >= 15 is 0 Å². The molecular formula is C15H21N3S. The van der Waals surface area contributed by atoms with Crippen molar-refractivity contribution in [2.45, 2.75) is 46.0 Å². The summed E-state index contributed by atoms with van der Waals surface area (Å²) >= 11 is 1.72. The number of rotatable bonds is 4. The maximum Gasteiger partial charge on any atom is 0.136 e. The van der Waals surface area contributed by atoms with Crippen LogP contribution >= 0.6 is 11.3 Å². The summed E-state index contributed by atoms with van der Waals surface area (Å²) in [5, 5.41) is 10.3. The third-order valence-electron chi connectivity index (χ3n) is 3.67. The highest BCUT2D eigenvalue weighted by Crippen LogP contribution is 2.38. The molecule has 1 aromatic rings. The lowest BCUT2D eigenvalue weighted by atomic mass is 10.1. The second-order valence-corrected chi connectivity index (χ2v) is 5.91. The van der Waals surface area contributed by atoms with E-state index in [1.807, 2.05) is 6.34 Å². The van der Waals surface area contributed by atoms with Gasteiger partial charge in [-0.3, -0.25) is 0 Å². The van der Waals surface area contributed by atoms with E-state index < -0.39 is 0 Å². The molecule has 0 aliphatic heterocycles. The summed E-state index contributed by atoms with van der Waals surface area (Å²) in [6.45, 7) is 6.13. The molecule has 1 aliphatic rings. The number of hydrogen-bond acceptors (Lipinski definition) is 3. The van der Waals surface area contributed by atoms with Gasteiger partial charge in [-0.15, -0.1) is 11.3 Å². The van der Waals surface area contributed by atoms with Gasteiger partial charge in [-0.05, 0) is 45.1 Å². The second-order valence-electron chi connectivity index (χ2n) is 4.82. The van der Waals surface area contributed by atoms with Crippen LogP contribution in [0.15, 0.2) is 4.99 Å². The Morgan fingerprint density at radius 1 is 1.26 bits per heavy atom. The van der Waals surface area contributed by atoms with Crippen molar-refractivity contribution in [1.29, 1.82) is 5.26 Å². The van der Waals surface area contributed by atoms with E-state index in [2.05, 4.69) is 29.8 Å². The standard InChI is InChI=1S/C15H21N3S/c1-3-18(4-2)11-17-15-13(10-16)12-8-6-5-7-9-14(12)19-15/h11H,3-9H2,1-2H3/b17-11+. The first-order valence-electron chi connectivity index (χ1n) is 7.13. The van der Waals surface area contributed by atoms with E-state index in [4.69, 9.17) is 0 Å². The Balaban J connectivity index is 2.29. The van der Waals surface area contributed by atoms with Gasteiger partial charge < -0.3 is 4.90 Å². The average Bonchev–Trinajstić information content (AvgIpc) is 2.60. The van der Waals surface area contributed by atoms with Gasteiger partial charge in [0, 0.05) is 18.0 Å². The molecule has 1 aromatic heterocycles. The van der Waals surface area contributed by atoms with Crippen molar-refractivity contribution in [3.8, 4) is 6.07 Å².